The van der Waals surface area contributed by atoms with Gasteiger partial charge < -0.3 is 5.32 Å². The van der Waals surface area contributed by atoms with Crippen molar-refractivity contribution < 1.29 is 4.79 Å². The average molecular weight is 269 g/mol. The van der Waals surface area contributed by atoms with Crippen molar-refractivity contribution in [3.63, 3.8) is 0 Å². The van der Waals surface area contributed by atoms with Crippen LogP contribution >= 0.6 is 15.9 Å². The second-order valence-electron chi connectivity index (χ2n) is 3.96. The first kappa shape index (κ1) is 10.6. The number of hydrogen-bond acceptors (Lipinski definition) is 2. The molecule has 0 bridgehead atoms. The molecular weight excluding hydrogens is 256 g/mol. The molecule has 1 aliphatic rings. The van der Waals surface area contributed by atoms with Gasteiger partial charge in [-0.15, -0.1) is 0 Å². The van der Waals surface area contributed by atoms with E-state index in [0.29, 0.717) is 5.56 Å². The molecule has 0 aromatic carbocycles. The van der Waals surface area contributed by atoms with Crippen molar-refractivity contribution in [1.29, 1.82) is 0 Å². The van der Waals surface area contributed by atoms with Gasteiger partial charge in [-0.05, 0) is 31.4 Å². The predicted molar refractivity (Wildman–Crippen MR) is 62.1 cm³/mol. The van der Waals surface area contributed by atoms with E-state index in [0.717, 1.165) is 18.2 Å². The fraction of sp³-hybridized carbons (Fsp3) is 0.455. The molecule has 15 heavy (non-hydrogen) atoms. The molecule has 0 atom stereocenters. The first-order valence-electron chi connectivity index (χ1n) is 5.04. The molecule has 0 spiro atoms. The Morgan fingerprint density at radius 1 is 1.60 bits per heavy atom. The molecule has 0 aliphatic heterocycles. The van der Waals surface area contributed by atoms with Crippen LogP contribution in [0.3, 0.4) is 0 Å². The van der Waals surface area contributed by atoms with Crippen molar-refractivity contribution >= 4 is 21.8 Å². The summed E-state index contributed by atoms with van der Waals surface area (Å²) in [4.78, 5) is 15.8. The molecule has 4 heteroatoms. The summed E-state index contributed by atoms with van der Waals surface area (Å²) in [7, 11) is 0. The van der Waals surface area contributed by atoms with E-state index < -0.39 is 0 Å². The molecule has 0 radical (unpaired) electrons. The Kier molecular flexibility index (Phi) is 3.05. The molecule has 3 nitrogen and oxygen atoms in total. The van der Waals surface area contributed by atoms with Crippen molar-refractivity contribution in [2.45, 2.75) is 24.8 Å². The van der Waals surface area contributed by atoms with Crippen molar-refractivity contribution in [3.8, 4) is 0 Å². The molecule has 1 aromatic rings. The van der Waals surface area contributed by atoms with Crippen LogP contribution in [0, 0.1) is 0 Å². The van der Waals surface area contributed by atoms with Crippen LogP contribution in [0.2, 0.25) is 0 Å². The summed E-state index contributed by atoms with van der Waals surface area (Å²) in [6.07, 6.45) is 6.57. The zero-order valence-corrected chi connectivity index (χ0v) is 9.96. The molecule has 1 amide bonds. The molecule has 80 valence electrons. The molecular formula is C11H13BrN2O. The van der Waals surface area contributed by atoms with Crippen LogP contribution in [0.1, 0.15) is 29.6 Å². The molecule has 1 aromatic heterocycles. The predicted octanol–water partition coefficient (Wildman–Crippen LogP) is 2.13. The van der Waals surface area contributed by atoms with E-state index in [4.69, 9.17) is 0 Å². The Hall–Kier alpha value is -0.900. The summed E-state index contributed by atoms with van der Waals surface area (Å²) < 4.78 is 0. The maximum absolute atomic E-state index is 11.8. The van der Waals surface area contributed by atoms with Gasteiger partial charge in [0, 0.05) is 17.7 Å². The Labute approximate surface area is 97.4 Å². The number of rotatable bonds is 3. The lowest BCUT2D eigenvalue weighted by Crippen LogP contribution is -2.54. The largest absolute Gasteiger partial charge is 0.346 e. The summed E-state index contributed by atoms with van der Waals surface area (Å²) in [6.45, 7) is 0. The molecule has 0 unspecified atom stereocenters. The van der Waals surface area contributed by atoms with Gasteiger partial charge in [-0.3, -0.25) is 9.78 Å². The number of aromatic nitrogens is 1. The van der Waals surface area contributed by atoms with Crippen LogP contribution in [-0.2, 0) is 0 Å². The number of pyridine rings is 1. The van der Waals surface area contributed by atoms with Crippen LogP contribution < -0.4 is 5.32 Å². The molecule has 0 saturated heterocycles. The highest BCUT2D eigenvalue weighted by atomic mass is 79.9. The summed E-state index contributed by atoms with van der Waals surface area (Å²) in [5.41, 5.74) is 0.608. The van der Waals surface area contributed by atoms with E-state index in [2.05, 4.69) is 26.2 Å². The third kappa shape index (κ3) is 2.20. The number of nitrogens with zero attached hydrogens (tertiary/aromatic N) is 1. The zero-order valence-electron chi connectivity index (χ0n) is 8.37. The van der Waals surface area contributed by atoms with Gasteiger partial charge in [0.25, 0.3) is 5.91 Å². The van der Waals surface area contributed by atoms with Gasteiger partial charge in [0.1, 0.15) is 0 Å². The lowest BCUT2D eigenvalue weighted by molar-refractivity contribution is 0.0856. The van der Waals surface area contributed by atoms with Gasteiger partial charge >= 0.3 is 0 Å². The first-order valence-corrected chi connectivity index (χ1v) is 6.16. The van der Waals surface area contributed by atoms with E-state index in [9.17, 15) is 4.79 Å². The molecule has 1 saturated carbocycles. The van der Waals surface area contributed by atoms with E-state index in [1.165, 1.54) is 6.42 Å². The number of carbonyl (C=O) groups excluding carboxylic acids is 1. The molecule has 1 N–H and O–H groups in total. The highest BCUT2D eigenvalue weighted by Gasteiger charge is 2.37. The average Bonchev–Trinajstić information content (AvgIpc) is 2.24. The topological polar surface area (TPSA) is 42.0 Å². The lowest BCUT2D eigenvalue weighted by Gasteiger charge is -2.41. The van der Waals surface area contributed by atoms with Gasteiger partial charge in [0.15, 0.2) is 0 Å². The molecule has 1 aliphatic carbocycles. The second-order valence-corrected chi connectivity index (χ2v) is 4.52. The van der Waals surface area contributed by atoms with Crippen LogP contribution in [0.4, 0.5) is 0 Å². The van der Waals surface area contributed by atoms with Gasteiger partial charge in [-0.1, -0.05) is 15.9 Å². The Morgan fingerprint density at radius 3 is 2.87 bits per heavy atom. The number of hydrogen-bond donors (Lipinski definition) is 1. The smallest absolute Gasteiger partial charge is 0.253 e. The van der Waals surface area contributed by atoms with Crippen molar-refractivity contribution in [2.24, 2.45) is 0 Å². The maximum Gasteiger partial charge on any atom is 0.253 e. The van der Waals surface area contributed by atoms with E-state index in [1.807, 2.05) is 0 Å². The zero-order chi connectivity index (χ0) is 10.7. The quantitative estimate of drug-likeness (QED) is 0.854. The van der Waals surface area contributed by atoms with Gasteiger partial charge in [-0.2, -0.15) is 0 Å². The van der Waals surface area contributed by atoms with Crippen LogP contribution in [0.15, 0.2) is 24.5 Å². The highest BCUT2D eigenvalue weighted by Crippen LogP contribution is 2.33. The Morgan fingerprint density at radius 2 is 2.40 bits per heavy atom. The molecule has 2 rings (SSSR count). The standard InChI is InChI=1S/C11H13BrN2O/c12-8-11(4-2-5-11)14-10(15)9-3-1-6-13-7-9/h1,3,6-7H,2,4-5,8H2,(H,14,15). The maximum atomic E-state index is 11.8. The monoisotopic (exact) mass is 268 g/mol. The number of nitrogens with one attached hydrogen (secondary N) is 1. The Balaban J connectivity index is 2.04. The van der Waals surface area contributed by atoms with E-state index in [-0.39, 0.29) is 11.4 Å². The second kappa shape index (κ2) is 4.31. The summed E-state index contributed by atoms with van der Waals surface area (Å²) in [5, 5.41) is 3.90. The number of amides is 1. The summed E-state index contributed by atoms with van der Waals surface area (Å²) >= 11 is 3.45. The molecule has 1 fully saturated rings. The minimum Gasteiger partial charge on any atom is -0.346 e. The first-order chi connectivity index (χ1) is 7.26. The normalized spacial score (nSPS) is 17.9. The number of halogens is 1. The van der Waals surface area contributed by atoms with E-state index in [1.54, 1.807) is 24.5 Å². The number of carbonyl (C=O) groups is 1. The third-order valence-corrected chi connectivity index (χ3v) is 3.94. The van der Waals surface area contributed by atoms with Gasteiger partial charge in [-0.25, -0.2) is 0 Å². The van der Waals surface area contributed by atoms with Crippen molar-refractivity contribution in [3.05, 3.63) is 30.1 Å². The van der Waals surface area contributed by atoms with Crippen molar-refractivity contribution in [1.82, 2.24) is 10.3 Å². The minimum absolute atomic E-state index is 0.0209. The fourth-order valence-electron chi connectivity index (χ4n) is 1.71. The minimum atomic E-state index is -0.0257. The Bertz CT molecular complexity index is 343. The van der Waals surface area contributed by atoms with Crippen LogP contribution in [0.5, 0.6) is 0 Å². The van der Waals surface area contributed by atoms with Crippen molar-refractivity contribution in [2.75, 3.05) is 5.33 Å². The SMILES string of the molecule is O=C(NC1(CBr)CCC1)c1cccnc1. The van der Waals surface area contributed by atoms with Gasteiger partial charge in [0.2, 0.25) is 0 Å². The van der Waals surface area contributed by atoms with Crippen LogP contribution in [-0.4, -0.2) is 21.8 Å². The van der Waals surface area contributed by atoms with Crippen LogP contribution in [0.25, 0.3) is 0 Å². The highest BCUT2D eigenvalue weighted by molar-refractivity contribution is 9.09. The lowest BCUT2D eigenvalue weighted by atomic mass is 9.78. The fourth-order valence-corrected chi connectivity index (χ4v) is 2.41. The summed E-state index contributed by atoms with van der Waals surface area (Å²) in [5.74, 6) is -0.0257. The molecule has 1 heterocycles. The number of alkyl halides is 1. The van der Waals surface area contributed by atoms with E-state index >= 15 is 0 Å². The van der Waals surface area contributed by atoms with Gasteiger partial charge in [0.05, 0.1) is 11.1 Å². The third-order valence-electron chi connectivity index (χ3n) is 2.87. The summed E-state index contributed by atoms with van der Waals surface area (Å²) in [6, 6.07) is 3.55.